The van der Waals surface area contributed by atoms with Crippen molar-refractivity contribution in [2.45, 2.75) is 13.8 Å². The fraction of sp³-hybridized carbons (Fsp3) is 0.143. The summed E-state index contributed by atoms with van der Waals surface area (Å²) in [4.78, 5) is 27.9. The molecule has 0 saturated heterocycles. The molecule has 0 radical (unpaired) electrons. The number of imidazole rings is 1. The van der Waals surface area contributed by atoms with Gasteiger partial charge in [-0.3, -0.25) is 15.3 Å². The molecule has 2 amide bonds. The molecule has 4 rings (SSSR count). The number of aryl methyl sites for hydroxylation is 1. The second kappa shape index (κ2) is 7.67. The van der Waals surface area contributed by atoms with Gasteiger partial charge in [0, 0.05) is 35.8 Å². The number of halogens is 1. The van der Waals surface area contributed by atoms with Crippen molar-refractivity contribution in [2.75, 3.05) is 11.9 Å². The fourth-order valence-electron chi connectivity index (χ4n) is 3.06. The van der Waals surface area contributed by atoms with Gasteiger partial charge in [-0.05, 0) is 49.7 Å². The number of carbonyl (C=O) groups is 1. The number of fused-ring (bicyclic) bond motifs is 1. The number of hydrogen-bond donors (Lipinski definition) is 3. The second-order valence-corrected chi connectivity index (χ2v) is 6.51. The van der Waals surface area contributed by atoms with Crippen LogP contribution in [0.3, 0.4) is 0 Å². The summed E-state index contributed by atoms with van der Waals surface area (Å²) in [5, 5.41) is 5.29. The lowest BCUT2D eigenvalue weighted by Crippen LogP contribution is -2.28. The monoisotopic (exact) mass is 390 g/mol. The standard InChI is InChI=1S/C21H19FN6O/c1-3-23-21(29)28-20-26-17-10-14(13-7-6-12(2)25-11-13)9-15(19(17)27-20)18-16(22)5-4-8-24-18/h4-11H,3H2,1-2H3,(H3,23,26,27,28,29). The minimum atomic E-state index is -0.450. The number of nitrogens with one attached hydrogen (secondary N) is 3. The highest BCUT2D eigenvalue weighted by Crippen LogP contribution is 2.33. The summed E-state index contributed by atoms with van der Waals surface area (Å²) in [6.45, 7) is 4.22. The molecule has 8 heteroatoms. The molecule has 146 valence electrons. The van der Waals surface area contributed by atoms with Crippen LogP contribution in [0.5, 0.6) is 0 Å². The van der Waals surface area contributed by atoms with E-state index in [0.717, 1.165) is 16.8 Å². The first-order valence-electron chi connectivity index (χ1n) is 9.17. The zero-order chi connectivity index (χ0) is 20.4. The Bertz CT molecular complexity index is 1190. The Morgan fingerprint density at radius 1 is 1.17 bits per heavy atom. The first-order valence-corrected chi connectivity index (χ1v) is 9.17. The van der Waals surface area contributed by atoms with Gasteiger partial charge in [0.1, 0.15) is 17.0 Å². The third-order valence-electron chi connectivity index (χ3n) is 4.41. The first-order chi connectivity index (χ1) is 14.0. The fourth-order valence-corrected chi connectivity index (χ4v) is 3.06. The highest BCUT2D eigenvalue weighted by Gasteiger charge is 2.17. The number of carbonyl (C=O) groups excluding carboxylic acids is 1. The molecule has 0 spiro atoms. The van der Waals surface area contributed by atoms with Crippen molar-refractivity contribution in [1.29, 1.82) is 0 Å². The van der Waals surface area contributed by atoms with Gasteiger partial charge in [0.25, 0.3) is 0 Å². The van der Waals surface area contributed by atoms with Crippen molar-refractivity contribution < 1.29 is 9.18 Å². The predicted molar refractivity (Wildman–Crippen MR) is 110 cm³/mol. The number of H-pyrrole nitrogens is 1. The summed E-state index contributed by atoms with van der Waals surface area (Å²) in [6, 6.07) is 10.1. The highest BCUT2D eigenvalue weighted by molar-refractivity contribution is 5.98. The number of aromatic nitrogens is 4. The number of benzene rings is 1. The molecular formula is C21H19FN6O. The van der Waals surface area contributed by atoms with Gasteiger partial charge in [0.2, 0.25) is 5.95 Å². The Hall–Kier alpha value is -3.81. The van der Waals surface area contributed by atoms with Gasteiger partial charge in [-0.25, -0.2) is 14.2 Å². The van der Waals surface area contributed by atoms with Crippen LogP contribution in [0.4, 0.5) is 15.1 Å². The summed E-state index contributed by atoms with van der Waals surface area (Å²) < 4.78 is 14.5. The summed E-state index contributed by atoms with van der Waals surface area (Å²) in [7, 11) is 0. The second-order valence-electron chi connectivity index (χ2n) is 6.51. The zero-order valence-corrected chi connectivity index (χ0v) is 16.0. The largest absolute Gasteiger partial charge is 0.338 e. The van der Waals surface area contributed by atoms with Crippen molar-refractivity contribution in [3.63, 3.8) is 0 Å². The van der Waals surface area contributed by atoms with Crippen molar-refractivity contribution in [2.24, 2.45) is 0 Å². The summed E-state index contributed by atoms with van der Waals surface area (Å²) >= 11 is 0. The van der Waals surface area contributed by atoms with Crippen LogP contribution in [0, 0.1) is 12.7 Å². The molecule has 4 aromatic rings. The van der Waals surface area contributed by atoms with Crippen LogP contribution < -0.4 is 10.6 Å². The van der Waals surface area contributed by atoms with Crippen LogP contribution in [0.15, 0.2) is 48.8 Å². The van der Waals surface area contributed by atoms with Gasteiger partial charge in [0.15, 0.2) is 0 Å². The molecule has 7 nitrogen and oxygen atoms in total. The number of urea groups is 1. The normalized spacial score (nSPS) is 10.9. The Morgan fingerprint density at radius 3 is 2.76 bits per heavy atom. The molecule has 3 heterocycles. The van der Waals surface area contributed by atoms with Crippen molar-refractivity contribution in [1.82, 2.24) is 25.3 Å². The van der Waals surface area contributed by atoms with Gasteiger partial charge in [-0.15, -0.1) is 0 Å². The van der Waals surface area contributed by atoms with Crippen LogP contribution in [0.25, 0.3) is 33.4 Å². The molecule has 3 aromatic heterocycles. The minimum Gasteiger partial charge on any atom is -0.338 e. The van der Waals surface area contributed by atoms with Gasteiger partial charge < -0.3 is 10.3 Å². The van der Waals surface area contributed by atoms with E-state index in [0.29, 0.717) is 23.1 Å². The predicted octanol–water partition coefficient (Wildman–Crippen LogP) is 4.28. The Labute approximate surface area is 166 Å². The topological polar surface area (TPSA) is 95.6 Å². The smallest absolute Gasteiger partial charge is 0.321 e. The first kappa shape index (κ1) is 18.5. The van der Waals surface area contributed by atoms with E-state index in [2.05, 4.69) is 30.6 Å². The van der Waals surface area contributed by atoms with E-state index < -0.39 is 5.82 Å². The summed E-state index contributed by atoms with van der Waals surface area (Å²) in [6.07, 6.45) is 3.30. The van der Waals surface area contributed by atoms with Gasteiger partial charge >= 0.3 is 6.03 Å². The lowest BCUT2D eigenvalue weighted by atomic mass is 10.0. The summed E-state index contributed by atoms with van der Waals surface area (Å²) in [5.41, 5.74) is 4.49. The number of amides is 2. The van der Waals surface area contributed by atoms with Crippen LogP contribution in [-0.2, 0) is 0 Å². The minimum absolute atomic E-state index is 0.190. The molecule has 0 unspecified atom stereocenters. The van der Waals surface area contributed by atoms with Gasteiger partial charge in [-0.1, -0.05) is 6.07 Å². The molecule has 0 saturated carbocycles. The molecule has 0 atom stereocenters. The molecule has 0 aliphatic rings. The SMILES string of the molecule is CCNC(=O)Nc1nc2c(-c3ncccc3F)cc(-c3ccc(C)nc3)cc2[nH]1. The maximum absolute atomic E-state index is 14.5. The van der Waals surface area contributed by atoms with E-state index in [1.54, 1.807) is 6.20 Å². The van der Waals surface area contributed by atoms with Crippen LogP contribution >= 0.6 is 0 Å². The van der Waals surface area contributed by atoms with E-state index in [1.165, 1.54) is 18.3 Å². The van der Waals surface area contributed by atoms with Crippen LogP contribution in [0.2, 0.25) is 0 Å². The number of anilines is 1. The zero-order valence-electron chi connectivity index (χ0n) is 16.0. The lowest BCUT2D eigenvalue weighted by Gasteiger charge is -2.08. The van der Waals surface area contributed by atoms with Crippen molar-refractivity contribution in [3.05, 3.63) is 60.3 Å². The van der Waals surface area contributed by atoms with E-state index in [-0.39, 0.29) is 17.7 Å². The quantitative estimate of drug-likeness (QED) is 0.485. The average molecular weight is 390 g/mol. The maximum atomic E-state index is 14.5. The summed E-state index contributed by atoms with van der Waals surface area (Å²) in [5.74, 6) is -0.183. The lowest BCUT2D eigenvalue weighted by molar-refractivity contribution is 0.252. The highest BCUT2D eigenvalue weighted by atomic mass is 19.1. The van der Waals surface area contributed by atoms with E-state index in [4.69, 9.17) is 0 Å². The Kier molecular flexibility index (Phi) is 4.90. The Balaban J connectivity index is 1.89. The molecule has 0 aliphatic carbocycles. The van der Waals surface area contributed by atoms with Crippen molar-refractivity contribution >= 4 is 23.0 Å². The third kappa shape index (κ3) is 3.77. The third-order valence-corrected chi connectivity index (χ3v) is 4.41. The Morgan fingerprint density at radius 2 is 2.03 bits per heavy atom. The number of aromatic amines is 1. The number of nitrogens with zero attached hydrogens (tertiary/aromatic N) is 3. The molecule has 0 bridgehead atoms. The number of rotatable bonds is 4. The number of hydrogen-bond acceptors (Lipinski definition) is 4. The van der Waals surface area contributed by atoms with Crippen LogP contribution in [0.1, 0.15) is 12.6 Å². The maximum Gasteiger partial charge on any atom is 0.321 e. The van der Waals surface area contributed by atoms with Gasteiger partial charge in [0.05, 0.1) is 5.52 Å². The van der Waals surface area contributed by atoms with Gasteiger partial charge in [-0.2, -0.15) is 0 Å². The van der Waals surface area contributed by atoms with E-state index in [9.17, 15) is 9.18 Å². The molecule has 1 aromatic carbocycles. The van der Waals surface area contributed by atoms with E-state index >= 15 is 0 Å². The molecular weight excluding hydrogens is 371 g/mol. The average Bonchev–Trinajstić information content (AvgIpc) is 3.10. The molecule has 0 aliphatic heterocycles. The van der Waals surface area contributed by atoms with Crippen LogP contribution in [-0.4, -0.2) is 32.5 Å². The molecule has 29 heavy (non-hydrogen) atoms. The molecule has 0 fully saturated rings. The molecule has 3 N–H and O–H groups in total. The van der Waals surface area contributed by atoms with E-state index in [1.807, 2.05) is 38.1 Å². The number of pyridine rings is 2. The van der Waals surface area contributed by atoms with Crippen molar-refractivity contribution in [3.8, 4) is 22.4 Å².